The summed E-state index contributed by atoms with van der Waals surface area (Å²) >= 11 is 0. The Bertz CT molecular complexity index is 350. The minimum absolute atomic E-state index is 0.0870. The third kappa shape index (κ3) is 6.10. The highest BCUT2D eigenvalue weighted by Gasteiger charge is 2.20. The quantitative estimate of drug-likeness (QED) is 0.832. The molecular weight excluding hydrogens is 210 g/mol. The van der Waals surface area contributed by atoms with Crippen LogP contribution in [-0.2, 0) is 11.3 Å². The summed E-state index contributed by atoms with van der Waals surface area (Å²) < 4.78 is 0. The number of aryl methyl sites for hydroxylation is 1. The molecule has 0 saturated carbocycles. The number of carbonyl (C=O) groups excluding carboxylic acids is 1. The van der Waals surface area contributed by atoms with Crippen LogP contribution in [0.15, 0.2) is 24.3 Å². The maximum absolute atomic E-state index is 11.6. The molecule has 96 valence electrons. The molecule has 0 heterocycles. The van der Waals surface area contributed by atoms with Crippen LogP contribution in [0.2, 0.25) is 0 Å². The van der Waals surface area contributed by atoms with Gasteiger partial charge < -0.3 is 5.32 Å². The standard InChI is InChI=1S/C13H19NO.C2H6/c1-10-6-5-7-11(8-10)9-14-12(15)13(2,3)4;1-2/h5-8H,9H2,1-4H3,(H,14,15);1-2H3. The van der Waals surface area contributed by atoms with Crippen molar-refractivity contribution in [1.29, 1.82) is 0 Å². The molecule has 17 heavy (non-hydrogen) atoms. The molecule has 1 rings (SSSR count). The summed E-state index contributed by atoms with van der Waals surface area (Å²) in [6.07, 6.45) is 0. The second kappa shape index (κ2) is 7.10. The summed E-state index contributed by atoms with van der Waals surface area (Å²) in [4.78, 5) is 11.6. The Balaban J connectivity index is 0.00000121. The lowest BCUT2D eigenvalue weighted by Crippen LogP contribution is -2.34. The predicted molar refractivity (Wildman–Crippen MR) is 73.8 cm³/mol. The zero-order valence-corrected chi connectivity index (χ0v) is 11.9. The lowest BCUT2D eigenvalue weighted by Gasteiger charge is -2.17. The van der Waals surface area contributed by atoms with Gasteiger partial charge in [-0.1, -0.05) is 64.4 Å². The number of rotatable bonds is 2. The smallest absolute Gasteiger partial charge is 0.225 e. The van der Waals surface area contributed by atoms with E-state index in [2.05, 4.69) is 24.4 Å². The molecule has 0 aliphatic carbocycles. The Labute approximate surface area is 105 Å². The first kappa shape index (κ1) is 15.7. The molecule has 0 fully saturated rings. The van der Waals surface area contributed by atoms with Gasteiger partial charge in [-0.3, -0.25) is 4.79 Å². The van der Waals surface area contributed by atoms with E-state index >= 15 is 0 Å². The SMILES string of the molecule is CC.Cc1cccc(CNC(=O)C(C)(C)C)c1. The lowest BCUT2D eigenvalue weighted by molar-refractivity contribution is -0.128. The average molecular weight is 235 g/mol. The molecule has 1 aromatic rings. The second-order valence-electron chi connectivity index (χ2n) is 4.92. The Morgan fingerprint density at radius 2 is 1.82 bits per heavy atom. The Morgan fingerprint density at radius 1 is 1.24 bits per heavy atom. The number of nitrogens with one attached hydrogen (secondary N) is 1. The molecular formula is C15H25NO. The molecule has 0 saturated heterocycles. The Kier molecular flexibility index (Phi) is 6.55. The molecule has 0 spiro atoms. The van der Waals surface area contributed by atoms with Crippen LogP contribution in [0.1, 0.15) is 45.7 Å². The maximum Gasteiger partial charge on any atom is 0.225 e. The van der Waals surface area contributed by atoms with Crippen LogP contribution in [0, 0.1) is 12.3 Å². The van der Waals surface area contributed by atoms with E-state index in [9.17, 15) is 4.79 Å². The fraction of sp³-hybridized carbons (Fsp3) is 0.533. The first-order valence-corrected chi connectivity index (χ1v) is 6.23. The number of benzene rings is 1. The highest BCUT2D eigenvalue weighted by Crippen LogP contribution is 2.13. The van der Waals surface area contributed by atoms with Crippen LogP contribution in [-0.4, -0.2) is 5.91 Å². The molecule has 1 N–H and O–H groups in total. The molecule has 0 atom stereocenters. The van der Waals surface area contributed by atoms with Crippen molar-refractivity contribution in [3.63, 3.8) is 0 Å². The number of hydrogen-bond donors (Lipinski definition) is 1. The molecule has 1 amide bonds. The number of hydrogen-bond acceptors (Lipinski definition) is 1. The van der Waals surface area contributed by atoms with Gasteiger partial charge in [0.15, 0.2) is 0 Å². The molecule has 0 bridgehead atoms. The van der Waals surface area contributed by atoms with Crippen LogP contribution in [0.25, 0.3) is 0 Å². The van der Waals surface area contributed by atoms with Gasteiger partial charge in [0, 0.05) is 12.0 Å². The normalized spacial score (nSPS) is 10.2. The topological polar surface area (TPSA) is 29.1 Å². The van der Waals surface area contributed by atoms with E-state index in [-0.39, 0.29) is 11.3 Å². The molecule has 2 nitrogen and oxygen atoms in total. The minimum atomic E-state index is -0.316. The third-order valence-electron chi connectivity index (χ3n) is 2.22. The predicted octanol–water partition coefficient (Wildman–Crippen LogP) is 3.68. The summed E-state index contributed by atoms with van der Waals surface area (Å²) in [5.74, 6) is 0.0870. The molecule has 0 aromatic heterocycles. The fourth-order valence-electron chi connectivity index (χ4n) is 1.27. The zero-order chi connectivity index (χ0) is 13.5. The Hall–Kier alpha value is -1.31. The number of carbonyl (C=O) groups is 1. The average Bonchev–Trinajstić information content (AvgIpc) is 2.27. The van der Waals surface area contributed by atoms with Crippen molar-refractivity contribution in [2.45, 2.75) is 48.1 Å². The van der Waals surface area contributed by atoms with Crippen molar-refractivity contribution in [3.05, 3.63) is 35.4 Å². The first-order chi connectivity index (χ1) is 7.89. The summed E-state index contributed by atoms with van der Waals surface area (Å²) in [5, 5.41) is 2.93. The van der Waals surface area contributed by atoms with Gasteiger partial charge in [0.25, 0.3) is 0 Å². The monoisotopic (exact) mass is 235 g/mol. The van der Waals surface area contributed by atoms with Crippen molar-refractivity contribution in [2.75, 3.05) is 0 Å². The van der Waals surface area contributed by atoms with Gasteiger partial charge in [-0.2, -0.15) is 0 Å². The van der Waals surface area contributed by atoms with Crippen LogP contribution in [0.4, 0.5) is 0 Å². The molecule has 2 heteroatoms. The van der Waals surface area contributed by atoms with Gasteiger partial charge in [-0.05, 0) is 12.5 Å². The van der Waals surface area contributed by atoms with Crippen LogP contribution in [0.5, 0.6) is 0 Å². The molecule has 0 radical (unpaired) electrons. The van der Waals surface area contributed by atoms with Gasteiger partial charge in [0.2, 0.25) is 5.91 Å². The zero-order valence-electron chi connectivity index (χ0n) is 11.9. The fourth-order valence-corrected chi connectivity index (χ4v) is 1.27. The highest BCUT2D eigenvalue weighted by molar-refractivity contribution is 5.81. The van der Waals surface area contributed by atoms with Crippen molar-refractivity contribution < 1.29 is 4.79 Å². The van der Waals surface area contributed by atoms with Gasteiger partial charge in [-0.15, -0.1) is 0 Å². The van der Waals surface area contributed by atoms with E-state index < -0.39 is 0 Å². The summed E-state index contributed by atoms with van der Waals surface area (Å²) in [5.41, 5.74) is 2.05. The van der Waals surface area contributed by atoms with E-state index in [1.165, 1.54) is 5.56 Å². The summed E-state index contributed by atoms with van der Waals surface area (Å²) in [6.45, 7) is 12.4. The largest absolute Gasteiger partial charge is 0.352 e. The van der Waals surface area contributed by atoms with E-state index in [0.717, 1.165) is 5.56 Å². The van der Waals surface area contributed by atoms with Crippen molar-refractivity contribution >= 4 is 5.91 Å². The van der Waals surface area contributed by atoms with E-state index in [0.29, 0.717) is 6.54 Å². The minimum Gasteiger partial charge on any atom is -0.352 e. The molecule has 0 unspecified atom stereocenters. The molecule has 0 aliphatic rings. The Morgan fingerprint density at radius 3 is 2.29 bits per heavy atom. The maximum atomic E-state index is 11.6. The van der Waals surface area contributed by atoms with Gasteiger partial charge in [0.05, 0.1) is 0 Å². The van der Waals surface area contributed by atoms with Crippen LogP contribution >= 0.6 is 0 Å². The summed E-state index contributed by atoms with van der Waals surface area (Å²) in [7, 11) is 0. The van der Waals surface area contributed by atoms with Gasteiger partial charge >= 0.3 is 0 Å². The van der Waals surface area contributed by atoms with E-state index in [4.69, 9.17) is 0 Å². The summed E-state index contributed by atoms with van der Waals surface area (Å²) in [6, 6.07) is 8.17. The van der Waals surface area contributed by atoms with Gasteiger partial charge in [-0.25, -0.2) is 0 Å². The molecule has 0 aliphatic heterocycles. The highest BCUT2D eigenvalue weighted by atomic mass is 16.2. The first-order valence-electron chi connectivity index (χ1n) is 6.23. The van der Waals surface area contributed by atoms with E-state index in [1.807, 2.05) is 46.8 Å². The second-order valence-corrected chi connectivity index (χ2v) is 4.92. The number of amides is 1. The van der Waals surface area contributed by atoms with E-state index in [1.54, 1.807) is 0 Å². The third-order valence-corrected chi connectivity index (χ3v) is 2.22. The van der Waals surface area contributed by atoms with Gasteiger partial charge in [0.1, 0.15) is 0 Å². The van der Waals surface area contributed by atoms with Crippen LogP contribution in [0.3, 0.4) is 0 Å². The van der Waals surface area contributed by atoms with Crippen molar-refractivity contribution in [3.8, 4) is 0 Å². The molecule has 1 aromatic carbocycles. The van der Waals surface area contributed by atoms with Crippen molar-refractivity contribution in [1.82, 2.24) is 5.32 Å². The lowest BCUT2D eigenvalue weighted by atomic mass is 9.95. The van der Waals surface area contributed by atoms with Crippen molar-refractivity contribution in [2.24, 2.45) is 5.41 Å². The van der Waals surface area contributed by atoms with Crippen LogP contribution < -0.4 is 5.32 Å².